The summed E-state index contributed by atoms with van der Waals surface area (Å²) in [5.74, 6) is -0.725. The van der Waals surface area contributed by atoms with E-state index >= 15 is 0 Å². The highest BCUT2D eigenvalue weighted by Crippen LogP contribution is 2.27. The van der Waals surface area contributed by atoms with Gasteiger partial charge in [-0.3, -0.25) is 4.79 Å². The van der Waals surface area contributed by atoms with E-state index in [2.05, 4.69) is 24.1 Å². The lowest BCUT2D eigenvalue weighted by Gasteiger charge is -2.31. The van der Waals surface area contributed by atoms with Crippen molar-refractivity contribution in [2.45, 2.75) is 58.8 Å². The van der Waals surface area contributed by atoms with Crippen LogP contribution in [0.2, 0.25) is 0 Å². The molecule has 3 atom stereocenters. The lowest BCUT2D eigenvalue weighted by atomic mass is 9.93. The Balaban J connectivity index is 2.06. The van der Waals surface area contributed by atoms with Crippen molar-refractivity contribution in [3.05, 3.63) is 48.3 Å². The van der Waals surface area contributed by atoms with E-state index in [1.165, 1.54) is 26.3 Å². The van der Waals surface area contributed by atoms with Crippen LogP contribution in [-0.4, -0.2) is 47.3 Å². The van der Waals surface area contributed by atoms with E-state index in [9.17, 15) is 14.7 Å². The number of amides is 1. The molecule has 174 valence electrons. The van der Waals surface area contributed by atoms with Crippen LogP contribution in [0.25, 0.3) is 0 Å². The van der Waals surface area contributed by atoms with Crippen LogP contribution in [0.15, 0.2) is 42.6 Å². The summed E-state index contributed by atoms with van der Waals surface area (Å²) < 4.78 is 16.8. The highest BCUT2D eigenvalue weighted by Gasteiger charge is 2.31. The summed E-state index contributed by atoms with van der Waals surface area (Å²) in [6.07, 6.45) is 2.17. The molecule has 0 fully saturated rings. The van der Waals surface area contributed by atoms with Gasteiger partial charge in [0.05, 0.1) is 7.11 Å². The SMILES string of the molecule is CCC(CC)[C@@H](Oc1ccccc1)[C@H](C)OC(=O)[C@H](C)NC(=O)c1nccc(OC)c1O. The quantitative estimate of drug-likeness (QED) is 0.509. The normalized spacial score (nSPS) is 13.7. The maximum atomic E-state index is 12.7. The molecule has 0 aliphatic rings. The summed E-state index contributed by atoms with van der Waals surface area (Å²) in [6.45, 7) is 7.43. The predicted molar refractivity (Wildman–Crippen MR) is 120 cm³/mol. The summed E-state index contributed by atoms with van der Waals surface area (Å²) >= 11 is 0. The number of benzene rings is 1. The van der Waals surface area contributed by atoms with E-state index < -0.39 is 29.8 Å². The number of hydrogen-bond acceptors (Lipinski definition) is 7. The number of para-hydroxylation sites is 1. The topological polar surface area (TPSA) is 107 Å². The Hall–Kier alpha value is -3.29. The number of pyridine rings is 1. The predicted octanol–water partition coefficient (Wildman–Crippen LogP) is 3.73. The molecule has 0 aliphatic heterocycles. The zero-order chi connectivity index (χ0) is 23.7. The smallest absolute Gasteiger partial charge is 0.328 e. The molecule has 1 amide bonds. The minimum absolute atomic E-state index is 0.111. The third-order valence-corrected chi connectivity index (χ3v) is 5.32. The zero-order valence-corrected chi connectivity index (χ0v) is 19.2. The number of carbonyl (C=O) groups is 2. The number of aromatic hydroxyl groups is 1. The molecule has 1 aromatic heterocycles. The van der Waals surface area contributed by atoms with Gasteiger partial charge in [0, 0.05) is 12.3 Å². The lowest BCUT2D eigenvalue weighted by Crippen LogP contribution is -2.45. The largest absolute Gasteiger partial charge is 0.503 e. The van der Waals surface area contributed by atoms with Crippen LogP contribution in [0.1, 0.15) is 51.0 Å². The Morgan fingerprint density at radius 2 is 1.75 bits per heavy atom. The van der Waals surface area contributed by atoms with Gasteiger partial charge < -0.3 is 24.6 Å². The second-order valence-electron chi connectivity index (χ2n) is 7.52. The molecule has 0 aliphatic carbocycles. The monoisotopic (exact) mass is 444 g/mol. The summed E-state index contributed by atoms with van der Waals surface area (Å²) in [7, 11) is 1.37. The summed E-state index contributed by atoms with van der Waals surface area (Å²) in [5, 5.41) is 12.6. The number of methoxy groups -OCH3 is 1. The molecule has 0 saturated heterocycles. The summed E-state index contributed by atoms with van der Waals surface area (Å²) in [6, 6.07) is 9.86. The first-order valence-corrected chi connectivity index (χ1v) is 10.8. The maximum Gasteiger partial charge on any atom is 0.328 e. The van der Waals surface area contributed by atoms with Gasteiger partial charge in [-0.15, -0.1) is 0 Å². The molecule has 0 saturated carbocycles. The van der Waals surface area contributed by atoms with Gasteiger partial charge in [-0.25, -0.2) is 9.78 Å². The second-order valence-corrected chi connectivity index (χ2v) is 7.52. The van der Waals surface area contributed by atoms with Gasteiger partial charge in [-0.2, -0.15) is 0 Å². The molecule has 8 nitrogen and oxygen atoms in total. The first-order valence-electron chi connectivity index (χ1n) is 10.8. The minimum Gasteiger partial charge on any atom is -0.503 e. The molecule has 1 heterocycles. The molecule has 1 aromatic carbocycles. The number of esters is 1. The number of ether oxygens (including phenoxy) is 3. The van der Waals surface area contributed by atoms with Crippen LogP contribution >= 0.6 is 0 Å². The number of carbonyl (C=O) groups excluding carboxylic acids is 2. The van der Waals surface area contributed by atoms with Crippen LogP contribution < -0.4 is 14.8 Å². The van der Waals surface area contributed by atoms with Crippen molar-refractivity contribution in [3.63, 3.8) is 0 Å². The fourth-order valence-corrected chi connectivity index (χ4v) is 3.43. The maximum absolute atomic E-state index is 12.7. The van der Waals surface area contributed by atoms with E-state index in [0.717, 1.165) is 12.8 Å². The van der Waals surface area contributed by atoms with Crippen LogP contribution in [0.5, 0.6) is 17.2 Å². The Kier molecular flexibility index (Phi) is 9.31. The van der Waals surface area contributed by atoms with Gasteiger partial charge in [0.2, 0.25) is 0 Å². The molecule has 2 rings (SSSR count). The molecule has 0 bridgehead atoms. The Bertz CT molecular complexity index is 885. The number of aromatic nitrogens is 1. The molecule has 0 unspecified atom stereocenters. The van der Waals surface area contributed by atoms with Crippen molar-refractivity contribution in [2.75, 3.05) is 7.11 Å². The number of nitrogens with one attached hydrogen (secondary N) is 1. The second kappa shape index (κ2) is 11.9. The van der Waals surface area contributed by atoms with Crippen LogP contribution in [0.4, 0.5) is 0 Å². The van der Waals surface area contributed by atoms with E-state index in [1.807, 2.05) is 30.3 Å². The Morgan fingerprint density at radius 1 is 1.09 bits per heavy atom. The molecular weight excluding hydrogens is 412 g/mol. The van der Waals surface area contributed by atoms with Crippen LogP contribution in [-0.2, 0) is 9.53 Å². The van der Waals surface area contributed by atoms with Crippen molar-refractivity contribution < 1.29 is 28.9 Å². The Labute approximate surface area is 188 Å². The van der Waals surface area contributed by atoms with E-state index in [4.69, 9.17) is 14.2 Å². The summed E-state index contributed by atoms with van der Waals surface area (Å²) in [4.78, 5) is 29.0. The molecule has 2 N–H and O–H groups in total. The average Bonchev–Trinajstić information content (AvgIpc) is 2.79. The first-order chi connectivity index (χ1) is 15.3. The summed E-state index contributed by atoms with van der Waals surface area (Å²) in [5.41, 5.74) is -0.237. The van der Waals surface area contributed by atoms with Gasteiger partial charge >= 0.3 is 5.97 Å². The van der Waals surface area contributed by atoms with Gasteiger partial charge in [-0.05, 0) is 44.7 Å². The number of hydrogen-bond donors (Lipinski definition) is 2. The fraction of sp³-hybridized carbons (Fsp3) is 0.458. The van der Waals surface area contributed by atoms with Gasteiger partial charge in [0.25, 0.3) is 5.91 Å². The molecule has 32 heavy (non-hydrogen) atoms. The van der Waals surface area contributed by atoms with Gasteiger partial charge in [0.15, 0.2) is 17.2 Å². The van der Waals surface area contributed by atoms with E-state index in [-0.39, 0.29) is 23.5 Å². The van der Waals surface area contributed by atoms with E-state index in [0.29, 0.717) is 5.75 Å². The van der Waals surface area contributed by atoms with E-state index in [1.54, 1.807) is 6.92 Å². The third kappa shape index (κ3) is 6.35. The van der Waals surface area contributed by atoms with Crippen molar-refractivity contribution in [1.82, 2.24) is 10.3 Å². The van der Waals surface area contributed by atoms with Crippen molar-refractivity contribution in [1.29, 1.82) is 0 Å². The molecule has 8 heteroatoms. The highest BCUT2D eigenvalue weighted by molar-refractivity contribution is 5.97. The van der Waals surface area contributed by atoms with Crippen LogP contribution in [0.3, 0.4) is 0 Å². The molecule has 0 spiro atoms. The van der Waals surface area contributed by atoms with Crippen molar-refractivity contribution in [2.24, 2.45) is 5.92 Å². The Morgan fingerprint density at radius 3 is 2.34 bits per heavy atom. The van der Waals surface area contributed by atoms with Gasteiger partial charge in [0.1, 0.15) is 24.0 Å². The lowest BCUT2D eigenvalue weighted by molar-refractivity contribution is -0.156. The van der Waals surface area contributed by atoms with Crippen molar-refractivity contribution in [3.8, 4) is 17.2 Å². The van der Waals surface area contributed by atoms with Crippen LogP contribution in [0, 0.1) is 5.92 Å². The highest BCUT2D eigenvalue weighted by atomic mass is 16.6. The average molecular weight is 445 g/mol. The third-order valence-electron chi connectivity index (χ3n) is 5.32. The molecule has 2 aromatic rings. The molecule has 0 radical (unpaired) electrons. The zero-order valence-electron chi connectivity index (χ0n) is 19.2. The van der Waals surface area contributed by atoms with Gasteiger partial charge in [-0.1, -0.05) is 32.0 Å². The molecular formula is C24H32N2O6. The van der Waals surface area contributed by atoms with Crippen molar-refractivity contribution >= 4 is 11.9 Å². The minimum atomic E-state index is -0.962. The number of nitrogens with zero attached hydrogens (tertiary/aromatic N) is 1. The standard InChI is InChI=1S/C24H32N2O6/c1-6-17(7-2)22(32-18-11-9-8-10-12-18)16(4)31-24(29)15(3)26-23(28)20-21(27)19(30-5)13-14-25-20/h8-17,22,27H,6-7H2,1-5H3,(H,26,28)/t15-,16-,22-/m0/s1. The first kappa shape index (κ1) is 25.0. The number of rotatable bonds is 11. The fourth-order valence-electron chi connectivity index (χ4n) is 3.43.